The van der Waals surface area contributed by atoms with Crippen molar-refractivity contribution in [1.82, 2.24) is 9.97 Å². The molecule has 0 aliphatic carbocycles. The number of aromatic nitrogens is 2. The van der Waals surface area contributed by atoms with E-state index in [1.54, 1.807) is 11.8 Å². The van der Waals surface area contributed by atoms with E-state index in [9.17, 15) is 4.79 Å². The average molecular weight is 240 g/mol. The van der Waals surface area contributed by atoms with Crippen molar-refractivity contribution in [3.63, 3.8) is 0 Å². The van der Waals surface area contributed by atoms with Gasteiger partial charge in [-0.3, -0.25) is 0 Å². The lowest BCUT2D eigenvalue weighted by molar-refractivity contribution is 0.0689. The Morgan fingerprint density at radius 1 is 1.56 bits per heavy atom. The molecule has 0 radical (unpaired) electrons. The van der Waals surface area contributed by atoms with E-state index in [-0.39, 0.29) is 5.69 Å². The van der Waals surface area contributed by atoms with Crippen LogP contribution in [0.3, 0.4) is 0 Å². The minimum Gasteiger partial charge on any atom is -0.476 e. The summed E-state index contributed by atoms with van der Waals surface area (Å²) in [5.74, 6) is -0.204. The van der Waals surface area contributed by atoms with Gasteiger partial charge in [-0.1, -0.05) is 0 Å². The Balaban J connectivity index is 1.87. The molecule has 6 heteroatoms. The maximum absolute atomic E-state index is 10.5. The van der Waals surface area contributed by atoms with Gasteiger partial charge in [0.15, 0.2) is 5.69 Å². The van der Waals surface area contributed by atoms with Crippen LogP contribution in [0.25, 0.3) is 0 Å². The van der Waals surface area contributed by atoms with Crippen LogP contribution in [0.1, 0.15) is 23.3 Å². The zero-order chi connectivity index (χ0) is 11.4. The van der Waals surface area contributed by atoms with Crippen LogP contribution in [0.2, 0.25) is 0 Å². The number of aromatic carboxylic acids is 1. The summed E-state index contributed by atoms with van der Waals surface area (Å²) in [6.07, 6.45) is 5.28. The van der Waals surface area contributed by atoms with Gasteiger partial charge in [-0.25, -0.2) is 14.8 Å². The second kappa shape index (κ2) is 5.27. The van der Waals surface area contributed by atoms with Crippen LogP contribution in [-0.4, -0.2) is 39.5 Å². The molecule has 86 valence electrons. The Hall–Kier alpha value is -1.14. The molecule has 1 atom stereocenters. The number of ether oxygens (including phenoxy) is 1. The van der Waals surface area contributed by atoms with Gasteiger partial charge >= 0.3 is 5.97 Å². The van der Waals surface area contributed by atoms with Gasteiger partial charge < -0.3 is 9.84 Å². The van der Waals surface area contributed by atoms with Crippen molar-refractivity contribution in [2.75, 3.05) is 12.4 Å². The van der Waals surface area contributed by atoms with Gasteiger partial charge in [-0.15, -0.1) is 11.8 Å². The van der Waals surface area contributed by atoms with E-state index in [0.29, 0.717) is 6.10 Å². The van der Waals surface area contributed by atoms with Crippen molar-refractivity contribution in [3.05, 3.63) is 18.1 Å². The second-order valence-corrected chi connectivity index (χ2v) is 4.53. The van der Waals surface area contributed by atoms with E-state index in [0.717, 1.165) is 30.2 Å². The fourth-order valence-corrected chi connectivity index (χ4v) is 2.33. The molecule has 1 aliphatic heterocycles. The Bertz CT molecular complexity index is 363. The summed E-state index contributed by atoms with van der Waals surface area (Å²) in [6.45, 7) is 0.842. The number of hydrogen-bond acceptors (Lipinski definition) is 5. The van der Waals surface area contributed by atoms with Crippen LogP contribution in [0.15, 0.2) is 17.4 Å². The molecule has 2 rings (SSSR count). The summed E-state index contributed by atoms with van der Waals surface area (Å²) in [6, 6.07) is 0. The lowest BCUT2D eigenvalue weighted by atomic mass is 10.3. The molecular weight excluding hydrogens is 228 g/mol. The summed E-state index contributed by atoms with van der Waals surface area (Å²) >= 11 is 1.55. The predicted molar refractivity (Wildman–Crippen MR) is 58.7 cm³/mol. The van der Waals surface area contributed by atoms with Crippen LogP contribution in [0.5, 0.6) is 0 Å². The van der Waals surface area contributed by atoms with Crippen LogP contribution in [-0.2, 0) is 4.74 Å². The molecule has 1 aromatic heterocycles. The van der Waals surface area contributed by atoms with Gasteiger partial charge in [0, 0.05) is 12.4 Å². The topological polar surface area (TPSA) is 72.3 Å². The molecule has 1 fully saturated rings. The number of hydrogen-bond donors (Lipinski definition) is 1. The second-order valence-electron chi connectivity index (χ2n) is 3.49. The third-order valence-corrected chi connectivity index (χ3v) is 3.33. The maximum Gasteiger partial charge on any atom is 0.356 e. The van der Waals surface area contributed by atoms with Crippen LogP contribution in [0.4, 0.5) is 0 Å². The van der Waals surface area contributed by atoms with Crippen molar-refractivity contribution in [1.29, 1.82) is 0 Å². The van der Waals surface area contributed by atoms with E-state index < -0.39 is 5.97 Å². The van der Waals surface area contributed by atoms with Crippen LogP contribution >= 0.6 is 11.8 Å². The summed E-state index contributed by atoms with van der Waals surface area (Å²) in [5.41, 5.74) is -0.0264. The summed E-state index contributed by atoms with van der Waals surface area (Å²) < 4.78 is 5.47. The fraction of sp³-hybridized carbons (Fsp3) is 0.500. The highest BCUT2D eigenvalue weighted by molar-refractivity contribution is 7.99. The quantitative estimate of drug-likeness (QED) is 0.803. The molecule has 5 nitrogen and oxygen atoms in total. The Labute approximate surface area is 97.2 Å². The van der Waals surface area contributed by atoms with E-state index in [4.69, 9.17) is 9.84 Å². The first kappa shape index (κ1) is 11.3. The molecule has 2 heterocycles. The fourth-order valence-electron chi connectivity index (χ4n) is 1.46. The highest BCUT2D eigenvalue weighted by Gasteiger charge is 2.16. The average Bonchev–Trinajstić information content (AvgIpc) is 2.80. The normalized spacial score (nSPS) is 19.9. The van der Waals surface area contributed by atoms with Crippen molar-refractivity contribution >= 4 is 17.7 Å². The minimum absolute atomic E-state index is 0.0264. The maximum atomic E-state index is 10.5. The summed E-state index contributed by atoms with van der Waals surface area (Å²) in [5, 5.41) is 9.39. The molecule has 1 N–H and O–H groups in total. The van der Waals surface area contributed by atoms with E-state index in [1.165, 1.54) is 12.4 Å². The smallest absolute Gasteiger partial charge is 0.356 e. The van der Waals surface area contributed by atoms with Gasteiger partial charge in [-0.2, -0.15) is 0 Å². The Kier molecular flexibility index (Phi) is 3.74. The van der Waals surface area contributed by atoms with Crippen molar-refractivity contribution in [3.8, 4) is 0 Å². The van der Waals surface area contributed by atoms with E-state index in [2.05, 4.69) is 9.97 Å². The van der Waals surface area contributed by atoms with Crippen LogP contribution in [0, 0.1) is 0 Å². The van der Waals surface area contributed by atoms with Gasteiger partial charge in [0.2, 0.25) is 0 Å². The van der Waals surface area contributed by atoms with Gasteiger partial charge in [0.05, 0.1) is 18.5 Å². The zero-order valence-electron chi connectivity index (χ0n) is 8.63. The SMILES string of the molecule is O=C(O)c1cnc(SCC2CCCO2)cn1. The first-order valence-corrected chi connectivity index (χ1v) is 6.04. The third-order valence-electron chi connectivity index (χ3n) is 2.29. The molecule has 0 saturated carbocycles. The number of carboxylic acid groups (broad SMARTS) is 1. The first-order chi connectivity index (χ1) is 7.75. The predicted octanol–water partition coefficient (Wildman–Crippen LogP) is 1.45. The largest absolute Gasteiger partial charge is 0.476 e. The molecule has 1 aromatic rings. The lowest BCUT2D eigenvalue weighted by Gasteiger charge is -2.07. The molecule has 1 saturated heterocycles. The Morgan fingerprint density at radius 3 is 3.00 bits per heavy atom. The van der Waals surface area contributed by atoms with Crippen molar-refractivity contribution in [2.24, 2.45) is 0 Å². The number of carbonyl (C=O) groups is 1. The number of nitrogens with zero attached hydrogens (tertiary/aromatic N) is 2. The summed E-state index contributed by atoms with van der Waals surface area (Å²) in [7, 11) is 0. The minimum atomic E-state index is -1.05. The van der Waals surface area contributed by atoms with Crippen LogP contribution < -0.4 is 0 Å². The highest BCUT2D eigenvalue weighted by atomic mass is 32.2. The number of rotatable bonds is 4. The van der Waals surface area contributed by atoms with E-state index in [1.807, 2.05) is 0 Å². The molecule has 1 aliphatic rings. The van der Waals surface area contributed by atoms with Crippen molar-refractivity contribution in [2.45, 2.75) is 24.0 Å². The standard InChI is InChI=1S/C10H12N2O3S/c13-10(14)8-4-12-9(5-11-8)16-6-7-2-1-3-15-7/h4-5,7H,1-3,6H2,(H,13,14). The third kappa shape index (κ3) is 2.93. The Morgan fingerprint density at radius 2 is 2.44 bits per heavy atom. The van der Waals surface area contributed by atoms with E-state index >= 15 is 0 Å². The molecule has 16 heavy (non-hydrogen) atoms. The highest BCUT2D eigenvalue weighted by Crippen LogP contribution is 2.21. The molecule has 1 unspecified atom stereocenters. The molecule has 0 amide bonds. The molecule has 0 aromatic carbocycles. The molecular formula is C10H12N2O3S. The monoisotopic (exact) mass is 240 g/mol. The van der Waals surface area contributed by atoms with Gasteiger partial charge in [-0.05, 0) is 12.8 Å². The summed E-state index contributed by atoms with van der Waals surface area (Å²) in [4.78, 5) is 18.4. The van der Waals surface area contributed by atoms with Gasteiger partial charge in [0.1, 0.15) is 5.03 Å². The van der Waals surface area contributed by atoms with Crippen molar-refractivity contribution < 1.29 is 14.6 Å². The molecule has 0 bridgehead atoms. The zero-order valence-corrected chi connectivity index (χ0v) is 9.44. The lowest BCUT2D eigenvalue weighted by Crippen LogP contribution is -2.08. The molecule has 0 spiro atoms. The van der Waals surface area contributed by atoms with Gasteiger partial charge in [0.25, 0.3) is 0 Å². The number of carboxylic acids is 1. The first-order valence-electron chi connectivity index (χ1n) is 5.05. The number of thioether (sulfide) groups is 1.